The average Bonchev–Trinajstić information content (AvgIpc) is 3.30. The number of pyridine rings is 1. The summed E-state index contributed by atoms with van der Waals surface area (Å²) in [5.41, 5.74) is -0.550. The highest BCUT2D eigenvalue weighted by atomic mass is 32.2. The number of hydrogen-bond acceptors (Lipinski definition) is 8. The summed E-state index contributed by atoms with van der Waals surface area (Å²) in [4.78, 5) is 3.76. The van der Waals surface area contributed by atoms with Gasteiger partial charge in [0.05, 0.1) is 11.4 Å². The topological polar surface area (TPSA) is 135 Å². The first-order chi connectivity index (χ1) is 15.6. The van der Waals surface area contributed by atoms with Gasteiger partial charge < -0.3 is 15.3 Å². The Labute approximate surface area is 189 Å². The molecule has 2 aromatic rings. The van der Waals surface area contributed by atoms with Crippen LogP contribution in [0.5, 0.6) is 0 Å². The third-order valence-electron chi connectivity index (χ3n) is 5.91. The predicted molar refractivity (Wildman–Crippen MR) is 105 cm³/mol. The second kappa shape index (κ2) is 7.96. The van der Waals surface area contributed by atoms with Gasteiger partial charge in [0.2, 0.25) is 15.6 Å². The number of aromatic nitrogens is 3. The van der Waals surface area contributed by atoms with Gasteiger partial charge in [-0.15, -0.1) is 10.2 Å². The first-order valence-electron chi connectivity index (χ1n) is 10.2. The lowest BCUT2D eigenvalue weighted by Crippen LogP contribution is -2.42. The summed E-state index contributed by atoms with van der Waals surface area (Å²) in [5.74, 6) is -3.41. The quantitative estimate of drug-likeness (QED) is 0.510. The van der Waals surface area contributed by atoms with Crippen molar-refractivity contribution >= 4 is 21.5 Å². The molecular formula is C18H19F6N5O4S. The number of halogens is 6. The number of aliphatic hydroxyl groups is 1. The maximum Gasteiger partial charge on any atom is 0.426 e. The standard InChI is InChI=1S/C18H19F6N5O4S/c19-17(20,21)10-8-11(25)12-14-27-28-15(33-14)16(30,18(22,23)24)6-3-1-2-4-9-5-7-34(31,32)29(9)13(10)26-12/h8-9,30H,1-7,25H2. The van der Waals surface area contributed by atoms with Crippen LogP contribution < -0.4 is 10.0 Å². The van der Waals surface area contributed by atoms with E-state index in [1.807, 2.05) is 0 Å². The van der Waals surface area contributed by atoms with Crippen LogP contribution in [0, 0.1) is 0 Å². The molecule has 4 heterocycles. The molecule has 1 saturated heterocycles. The molecule has 2 aliphatic rings. The fourth-order valence-corrected chi connectivity index (χ4v) is 5.99. The van der Waals surface area contributed by atoms with Crippen LogP contribution >= 0.6 is 0 Å². The van der Waals surface area contributed by atoms with Crippen molar-refractivity contribution in [2.45, 2.75) is 62.5 Å². The van der Waals surface area contributed by atoms with Gasteiger partial charge >= 0.3 is 12.4 Å². The first kappa shape index (κ1) is 24.5. The highest BCUT2D eigenvalue weighted by Gasteiger charge is 2.58. The van der Waals surface area contributed by atoms with E-state index in [0.717, 1.165) is 0 Å². The smallest absolute Gasteiger partial charge is 0.416 e. The molecule has 2 aromatic heterocycles. The Morgan fingerprint density at radius 3 is 2.47 bits per heavy atom. The molecule has 0 aliphatic carbocycles. The molecule has 1 fully saturated rings. The van der Waals surface area contributed by atoms with Crippen LogP contribution in [0.2, 0.25) is 0 Å². The number of anilines is 2. The monoisotopic (exact) mass is 515 g/mol. The van der Waals surface area contributed by atoms with E-state index in [-0.39, 0.29) is 32.1 Å². The Balaban J connectivity index is 1.97. The van der Waals surface area contributed by atoms with Crippen molar-refractivity contribution in [3.63, 3.8) is 0 Å². The van der Waals surface area contributed by atoms with Gasteiger partial charge in [0.15, 0.2) is 11.5 Å². The molecule has 0 radical (unpaired) electrons. The van der Waals surface area contributed by atoms with Crippen molar-refractivity contribution in [2.24, 2.45) is 0 Å². The molecule has 4 bridgehead atoms. The summed E-state index contributed by atoms with van der Waals surface area (Å²) in [6.07, 6.45) is -10.8. The van der Waals surface area contributed by atoms with Crippen molar-refractivity contribution in [1.29, 1.82) is 0 Å². The molecule has 16 heteroatoms. The van der Waals surface area contributed by atoms with Crippen LogP contribution in [0.25, 0.3) is 11.6 Å². The minimum atomic E-state index is -5.19. The number of rotatable bonds is 0. The van der Waals surface area contributed by atoms with Gasteiger partial charge in [-0.2, -0.15) is 26.3 Å². The Bertz CT molecular complexity index is 1200. The maximum atomic E-state index is 13.8. The van der Waals surface area contributed by atoms with E-state index in [4.69, 9.17) is 10.2 Å². The van der Waals surface area contributed by atoms with E-state index in [9.17, 15) is 39.9 Å². The van der Waals surface area contributed by atoms with Gasteiger partial charge in [-0.05, 0) is 31.7 Å². The van der Waals surface area contributed by atoms with E-state index in [2.05, 4.69) is 15.2 Å². The largest absolute Gasteiger partial charge is 0.426 e. The molecule has 188 valence electrons. The minimum absolute atomic E-state index is 0.0121. The summed E-state index contributed by atoms with van der Waals surface area (Å²) in [6.45, 7) is 0. The van der Waals surface area contributed by atoms with Crippen LogP contribution in [-0.2, 0) is 21.8 Å². The van der Waals surface area contributed by atoms with Gasteiger partial charge in [-0.1, -0.05) is 12.8 Å². The maximum absolute atomic E-state index is 13.8. The van der Waals surface area contributed by atoms with Gasteiger partial charge in [0.1, 0.15) is 5.56 Å². The van der Waals surface area contributed by atoms with Crippen molar-refractivity contribution in [3.05, 3.63) is 17.5 Å². The van der Waals surface area contributed by atoms with Crippen molar-refractivity contribution in [3.8, 4) is 11.6 Å². The number of nitrogen functional groups attached to an aromatic ring is 1. The van der Waals surface area contributed by atoms with Crippen molar-refractivity contribution in [1.82, 2.24) is 15.2 Å². The summed E-state index contributed by atoms with van der Waals surface area (Å²) in [6, 6.07) is -0.466. The summed E-state index contributed by atoms with van der Waals surface area (Å²) in [5, 5.41) is 17.0. The Morgan fingerprint density at radius 1 is 1.12 bits per heavy atom. The molecule has 4 rings (SSSR count). The molecule has 3 N–H and O–H groups in total. The Hall–Kier alpha value is -2.62. The highest BCUT2D eigenvalue weighted by Crippen LogP contribution is 2.46. The molecule has 0 amide bonds. The number of nitrogens with two attached hydrogens (primary N) is 1. The first-order valence-corrected chi connectivity index (χ1v) is 11.8. The van der Waals surface area contributed by atoms with E-state index in [1.165, 1.54) is 0 Å². The minimum Gasteiger partial charge on any atom is -0.416 e. The lowest BCUT2D eigenvalue weighted by atomic mass is 9.94. The molecule has 0 spiro atoms. The van der Waals surface area contributed by atoms with Crippen LogP contribution in [0.3, 0.4) is 0 Å². The van der Waals surface area contributed by atoms with Crippen LogP contribution in [0.15, 0.2) is 10.5 Å². The zero-order valence-electron chi connectivity index (χ0n) is 17.3. The summed E-state index contributed by atoms with van der Waals surface area (Å²) < 4.78 is 114. The summed E-state index contributed by atoms with van der Waals surface area (Å²) in [7, 11) is -4.17. The van der Waals surface area contributed by atoms with Crippen LogP contribution in [0.1, 0.15) is 50.0 Å². The molecule has 9 nitrogen and oxygen atoms in total. The molecule has 2 unspecified atom stereocenters. The number of hydrogen-bond donors (Lipinski definition) is 2. The fraction of sp³-hybridized carbons (Fsp3) is 0.611. The molecular weight excluding hydrogens is 496 g/mol. The Morgan fingerprint density at radius 2 is 1.82 bits per heavy atom. The zero-order valence-corrected chi connectivity index (χ0v) is 18.1. The number of fused-ring (bicyclic) bond motifs is 7. The predicted octanol–water partition coefficient (Wildman–Crippen LogP) is 3.36. The zero-order chi connectivity index (χ0) is 25.1. The van der Waals surface area contributed by atoms with Gasteiger partial charge in [0.25, 0.3) is 11.8 Å². The lowest BCUT2D eigenvalue weighted by Gasteiger charge is -2.28. The number of sulfonamides is 1. The third kappa shape index (κ3) is 4.06. The normalized spacial score (nSPS) is 25.6. The van der Waals surface area contributed by atoms with Crippen molar-refractivity contribution in [2.75, 3.05) is 15.8 Å². The van der Waals surface area contributed by atoms with E-state index < -0.39 is 80.7 Å². The van der Waals surface area contributed by atoms with Gasteiger partial charge in [-0.3, -0.25) is 4.31 Å². The number of nitrogens with zero attached hydrogens (tertiary/aromatic N) is 4. The van der Waals surface area contributed by atoms with Crippen LogP contribution in [0.4, 0.5) is 37.8 Å². The third-order valence-corrected chi connectivity index (χ3v) is 7.73. The number of alkyl halides is 6. The average molecular weight is 515 g/mol. The van der Waals surface area contributed by atoms with Gasteiger partial charge in [-0.25, -0.2) is 13.4 Å². The lowest BCUT2D eigenvalue weighted by molar-refractivity contribution is -0.277. The van der Waals surface area contributed by atoms with Crippen LogP contribution in [-0.4, -0.2) is 46.7 Å². The molecule has 2 aliphatic heterocycles. The van der Waals surface area contributed by atoms with E-state index >= 15 is 0 Å². The Kier molecular flexibility index (Phi) is 5.74. The molecule has 2 atom stereocenters. The molecule has 34 heavy (non-hydrogen) atoms. The molecule has 0 saturated carbocycles. The second-order valence-electron chi connectivity index (χ2n) is 8.22. The highest BCUT2D eigenvalue weighted by molar-refractivity contribution is 7.93. The van der Waals surface area contributed by atoms with E-state index in [0.29, 0.717) is 10.4 Å². The summed E-state index contributed by atoms with van der Waals surface area (Å²) >= 11 is 0. The van der Waals surface area contributed by atoms with Gasteiger partial charge in [0, 0.05) is 6.04 Å². The van der Waals surface area contributed by atoms with E-state index in [1.54, 1.807) is 0 Å². The fourth-order valence-electron chi connectivity index (χ4n) is 4.15. The van der Waals surface area contributed by atoms with Crippen molar-refractivity contribution < 1.29 is 44.3 Å². The SMILES string of the molecule is Nc1cc(C(F)(F)F)c2nc1-c1nnc(o1)C(O)(C(F)(F)F)CCCCCC1CCS(=O)(=O)N21. The molecule has 0 aromatic carbocycles. The second-order valence-corrected chi connectivity index (χ2v) is 10.2.